The fourth-order valence-electron chi connectivity index (χ4n) is 0.700. The number of alkyl halides is 1. The molecule has 0 bridgehead atoms. The molecule has 0 radical (unpaired) electrons. The number of halogens is 1. The van der Waals surface area contributed by atoms with Crippen LogP contribution in [0.4, 0.5) is 5.82 Å². The summed E-state index contributed by atoms with van der Waals surface area (Å²) >= 11 is 3.03. The summed E-state index contributed by atoms with van der Waals surface area (Å²) in [5, 5.41) is 2.84. The minimum Gasteiger partial charge on any atom is -0.309 e. The second-order valence-corrected chi connectivity index (χ2v) is 2.79. The molecule has 0 aliphatic carbocycles. The van der Waals surface area contributed by atoms with Gasteiger partial charge in [-0.05, 0) is 6.92 Å². The van der Waals surface area contributed by atoms with Crippen LogP contribution in [0.2, 0.25) is 0 Å². The SMILES string of the molecule is Cc1cncc(NC(=O)CBr)n1. The van der Waals surface area contributed by atoms with Crippen LogP contribution in [0.5, 0.6) is 0 Å². The Hall–Kier alpha value is -0.970. The van der Waals surface area contributed by atoms with Gasteiger partial charge in [-0.25, -0.2) is 4.98 Å². The van der Waals surface area contributed by atoms with Gasteiger partial charge in [-0.3, -0.25) is 9.78 Å². The van der Waals surface area contributed by atoms with Crippen molar-refractivity contribution in [2.45, 2.75) is 6.92 Å². The van der Waals surface area contributed by atoms with Crippen LogP contribution in [0, 0.1) is 6.92 Å². The third-order valence-corrected chi connectivity index (χ3v) is 1.65. The van der Waals surface area contributed by atoms with E-state index < -0.39 is 0 Å². The molecule has 0 unspecified atom stereocenters. The lowest BCUT2D eigenvalue weighted by Crippen LogP contribution is -2.13. The van der Waals surface area contributed by atoms with E-state index in [-0.39, 0.29) is 11.2 Å². The Balaban J connectivity index is 2.69. The zero-order valence-electron chi connectivity index (χ0n) is 6.54. The second-order valence-electron chi connectivity index (χ2n) is 2.23. The van der Waals surface area contributed by atoms with Crippen LogP contribution in [-0.4, -0.2) is 21.2 Å². The number of nitrogens with one attached hydrogen (secondary N) is 1. The molecule has 0 fully saturated rings. The molecule has 0 spiro atoms. The van der Waals surface area contributed by atoms with Gasteiger partial charge in [-0.1, -0.05) is 15.9 Å². The first-order valence-electron chi connectivity index (χ1n) is 3.37. The van der Waals surface area contributed by atoms with Crippen molar-refractivity contribution >= 4 is 27.7 Å². The molecule has 1 aromatic rings. The smallest absolute Gasteiger partial charge is 0.236 e. The summed E-state index contributed by atoms with van der Waals surface area (Å²) in [7, 11) is 0. The molecule has 0 aliphatic heterocycles. The summed E-state index contributed by atoms with van der Waals surface area (Å²) < 4.78 is 0. The lowest BCUT2D eigenvalue weighted by Gasteiger charge is -2.00. The van der Waals surface area contributed by atoms with E-state index in [1.165, 1.54) is 6.20 Å². The van der Waals surface area contributed by atoms with Crippen molar-refractivity contribution in [2.75, 3.05) is 10.6 Å². The number of hydrogen-bond acceptors (Lipinski definition) is 3. The van der Waals surface area contributed by atoms with Crippen LogP contribution in [0.3, 0.4) is 0 Å². The van der Waals surface area contributed by atoms with Crippen molar-refractivity contribution in [2.24, 2.45) is 0 Å². The van der Waals surface area contributed by atoms with Crippen molar-refractivity contribution in [1.29, 1.82) is 0 Å². The molecular formula is C7H8BrN3O. The van der Waals surface area contributed by atoms with Gasteiger partial charge < -0.3 is 5.32 Å². The highest BCUT2D eigenvalue weighted by molar-refractivity contribution is 9.09. The number of rotatable bonds is 2. The number of aryl methyl sites for hydroxylation is 1. The van der Waals surface area contributed by atoms with E-state index in [1.807, 2.05) is 6.92 Å². The molecule has 0 aromatic carbocycles. The standard InChI is InChI=1S/C7H8BrN3O/c1-5-3-9-4-6(10-5)11-7(12)2-8/h3-4H,2H2,1H3,(H,10,11,12). The molecule has 64 valence electrons. The molecule has 0 saturated heterocycles. The minimum atomic E-state index is -0.130. The number of amides is 1. The summed E-state index contributed by atoms with van der Waals surface area (Å²) in [6, 6.07) is 0. The monoisotopic (exact) mass is 229 g/mol. The van der Waals surface area contributed by atoms with Gasteiger partial charge in [0.15, 0.2) is 5.82 Å². The van der Waals surface area contributed by atoms with Gasteiger partial charge in [-0.15, -0.1) is 0 Å². The van der Waals surface area contributed by atoms with Crippen molar-refractivity contribution in [3.63, 3.8) is 0 Å². The number of carbonyl (C=O) groups is 1. The number of nitrogens with zero attached hydrogens (tertiary/aromatic N) is 2. The molecule has 1 heterocycles. The fraction of sp³-hybridized carbons (Fsp3) is 0.286. The molecule has 5 heteroatoms. The van der Waals surface area contributed by atoms with Gasteiger partial charge in [0.25, 0.3) is 0 Å². The summed E-state index contributed by atoms with van der Waals surface area (Å²) in [6.07, 6.45) is 3.14. The van der Waals surface area contributed by atoms with Gasteiger partial charge in [0.2, 0.25) is 5.91 Å². The quantitative estimate of drug-likeness (QED) is 0.774. The van der Waals surface area contributed by atoms with E-state index in [0.717, 1.165) is 5.69 Å². The zero-order valence-corrected chi connectivity index (χ0v) is 8.13. The Bertz CT molecular complexity index is 290. The average molecular weight is 230 g/mol. The van der Waals surface area contributed by atoms with Crippen LogP contribution in [0.15, 0.2) is 12.4 Å². The Morgan fingerprint density at radius 1 is 1.67 bits per heavy atom. The summed E-state index contributed by atoms with van der Waals surface area (Å²) in [5.74, 6) is 0.356. The molecule has 1 amide bonds. The van der Waals surface area contributed by atoms with E-state index in [0.29, 0.717) is 5.82 Å². The van der Waals surface area contributed by atoms with Crippen molar-refractivity contribution in [3.8, 4) is 0 Å². The first-order chi connectivity index (χ1) is 5.72. The third-order valence-electron chi connectivity index (χ3n) is 1.14. The lowest BCUT2D eigenvalue weighted by atomic mass is 10.5. The number of aromatic nitrogens is 2. The van der Waals surface area contributed by atoms with E-state index in [2.05, 4.69) is 31.2 Å². The highest BCUT2D eigenvalue weighted by Crippen LogP contribution is 2.00. The first-order valence-corrected chi connectivity index (χ1v) is 4.49. The predicted molar refractivity (Wildman–Crippen MR) is 49.2 cm³/mol. The zero-order chi connectivity index (χ0) is 8.97. The predicted octanol–water partition coefficient (Wildman–Crippen LogP) is 1.12. The van der Waals surface area contributed by atoms with Gasteiger partial charge >= 0.3 is 0 Å². The molecule has 1 N–H and O–H groups in total. The minimum absolute atomic E-state index is 0.130. The molecule has 12 heavy (non-hydrogen) atoms. The van der Waals surface area contributed by atoms with Gasteiger partial charge in [0, 0.05) is 6.20 Å². The molecule has 1 aromatic heterocycles. The number of carbonyl (C=O) groups excluding carboxylic acids is 1. The van der Waals surface area contributed by atoms with Crippen LogP contribution < -0.4 is 5.32 Å². The maximum absolute atomic E-state index is 10.9. The maximum atomic E-state index is 10.9. The Labute approximate surface area is 78.5 Å². The summed E-state index contributed by atoms with van der Waals surface area (Å²) in [6.45, 7) is 1.82. The Morgan fingerprint density at radius 3 is 3.00 bits per heavy atom. The maximum Gasteiger partial charge on any atom is 0.236 e. The van der Waals surface area contributed by atoms with Crippen molar-refractivity contribution < 1.29 is 4.79 Å². The van der Waals surface area contributed by atoms with E-state index in [1.54, 1.807) is 6.20 Å². The fourth-order valence-corrected chi connectivity index (χ4v) is 0.840. The largest absolute Gasteiger partial charge is 0.309 e. The molecule has 0 aliphatic rings. The Morgan fingerprint density at radius 2 is 2.42 bits per heavy atom. The highest BCUT2D eigenvalue weighted by Gasteiger charge is 2.00. The Kier molecular flexibility index (Phi) is 3.16. The highest BCUT2D eigenvalue weighted by atomic mass is 79.9. The molecular weight excluding hydrogens is 222 g/mol. The molecule has 4 nitrogen and oxygen atoms in total. The van der Waals surface area contributed by atoms with Crippen LogP contribution in [-0.2, 0) is 4.79 Å². The van der Waals surface area contributed by atoms with E-state index in [4.69, 9.17) is 0 Å². The molecule has 1 rings (SSSR count). The first kappa shape index (κ1) is 9.12. The molecule has 0 atom stereocenters. The van der Waals surface area contributed by atoms with Gasteiger partial charge in [0.05, 0.1) is 17.2 Å². The van der Waals surface area contributed by atoms with Crippen LogP contribution in [0.1, 0.15) is 5.69 Å². The van der Waals surface area contributed by atoms with Crippen molar-refractivity contribution in [3.05, 3.63) is 18.1 Å². The van der Waals surface area contributed by atoms with E-state index in [9.17, 15) is 4.79 Å². The topological polar surface area (TPSA) is 54.9 Å². The summed E-state index contributed by atoms with van der Waals surface area (Å²) in [5.41, 5.74) is 0.780. The third kappa shape index (κ3) is 2.58. The van der Waals surface area contributed by atoms with Crippen LogP contribution in [0.25, 0.3) is 0 Å². The average Bonchev–Trinajstić information content (AvgIpc) is 2.04. The second kappa shape index (κ2) is 4.15. The molecule has 0 saturated carbocycles. The lowest BCUT2D eigenvalue weighted by molar-refractivity contribution is -0.113. The van der Waals surface area contributed by atoms with Gasteiger partial charge in [-0.2, -0.15) is 0 Å². The van der Waals surface area contributed by atoms with Crippen LogP contribution >= 0.6 is 15.9 Å². The van der Waals surface area contributed by atoms with Gasteiger partial charge in [0.1, 0.15) is 0 Å². The normalized spacial score (nSPS) is 9.50. The number of hydrogen-bond donors (Lipinski definition) is 1. The van der Waals surface area contributed by atoms with Crippen molar-refractivity contribution in [1.82, 2.24) is 9.97 Å². The van der Waals surface area contributed by atoms with E-state index >= 15 is 0 Å². The number of anilines is 1. The summed E-state index contributed by atoms with van der Waals surface area (Å²) in [4.78, 5) is 18.8.